The topological polar surface area (TPSA) is 90.7 Å². The van der Waals surface area contributed by atoms with Crippen LogP contribution in [0.25, 0.3) is 0 Å². The predicted molar refractivity (Wildman–Crippen MR) is 105 cm³/mol. The van der Waals surface area contributed by atoms with E-state index in [0.29, 0.717) is 24.7 Å². The Labute approximate surface area is 159 Å². The van der Waals surface area contributed by atoms with E-state index in [1.54, 1.807) is 13.0 Å². The van der Waals surface area contributed by atoms with Crippen LogP contribution in [0.3, 0.4) is 0 Å². The molecule has 27 heavy (non-hydrogen) atoms. The number of rotatable bonds is 7. The summed E-state index contributed by atoms with van der Waals surface area (Å²) in [7, 11) is 3.83. The number of carbonyl (C=O) groups excluding carboxylic acids is 2. The number of hydrogen-bond donors (Lipinski definition) is 2. The van der Waals surface area contributed by atoms with Crippen molar-refractivity contribution in [1.82, 2.24) is 15.0 Å². The van der Waals surface area contributed by atoms with Gasteiger partial charge in [-0.2, -0.15) is 0 Å². The maximum Gasteiger partial charge on any atom is 0.322 e. The van der Waals surface area contributed by atoms with Crippen LogP contribution in [0.2, 0.25) is 0 Å². The quantitative estimate of drug-likeness (QED) is 0.779. The molecule has 1 aromatic carbocycles. The molecule has 0 unspecified atom stereocenters. The lowest BCUT2D eigenvalue weighted by atomic mass is 10.1. The molecule has 0 aliphatic carbocycles. The molecular weight excluding hydrogens is 346 g/mol. The van der Waals surface area contributed by atoms with E-state index in [1.807, 2.05) is 51.0 Å². The van der Waals surface area contributed by atoms with E-state index < -0.39 is 0 Å². The summed E-state index contributed by atoms with van der Waals surface area (Å²) in [6, 6.07) is 7.12. The molecule has 0 spiro atoms. The Morgan fingerprint density at radius 2 is 1.74 bits per heavy atom. The van der Waals surface area contributed by atoms with Crippen molar-refractivity contribution >= 4 is 23.4 Å². The van der Waals surface area contributed by atoms with Crippen LogP contribution >= 0.6 is 0 Å². The highest BCUT2D eigenvalue weighted by molar-refractivity contribution is 5.97. The van der Waals surface area contributed by atoms with E-state index in [9.17, 15) is 9.59 Å². The second kappa shape index (κ2) is 9.18. The highest BCUT2D eigenvalue weighted by Crippen LogP contribution is 2.20. The van der Waals surface area contributed by atoms with Crippen LogP contribution in [-0.2, 0) is 4.79 Å². The number of urea groups is 1. The van der Waals surface area contributed by atoms with E-state index in [4.69, 9.17) is 4.52 Å². The fourth-order valence-electron chi connectivity index (χ4n) is 2.55. The standard InChI is InChI=1S/C19H27N5O3/c1-13-7-6-8-14(2)18(13)21-19(26)24(10-9-23(4)5)12-17(25)20-16-11-15(3)27-22-16/h6-8,11H,9-10,12H2,1-5H3,(H,21,26)(H,20,22,25). The van der Waals surface area contributed by atoms with Gasteiger partial charge in [0.15, 0.2) is 5.82 Å². The van der Waals surface area contributed by atoms with Crippen LogP contribution in [-0.4, -0.2) is 60.6 Å². The summed E-state index contributed by atoms with van der Waals surface area (Å²) in [4.78, 5) is 28.6. The fraction of sp³-hybridized carbons (Fsp3) is 0.421. The Morgan fingerprint density at radius 3 is 2.30 bits per heavy atom. The van der Waals surface area contributed by atoms with E-state index in [1.165, 1.54) is 4.90 Å². The Bertz CT molecular complexity index is 780. The minimum atomic E-state index is -0.335. The molecule has 0 bridgehead atoms. The normalized spacial score (nSPS) is 10.7. The van der Waals surface area contributed by atoms with Crippen molar-refractivity contribution in [2.45, 2.75) is 20.8 Å². The smallest absolute Gasteiger partial charge is 0.322 e. The first kappa shape index (κ1) is 20.4. The number of likely N-dealkylation sites (N-methyl/N-ethyl adjacent to an activating group) is 1. The molecular formula is C19H27N5O3. The van der Waals surface area contributed by atoms with Crippen molar-refractivity contribution in [1.29, 1.82) is 0 Å². The molecule has 8 heteroatoms. The second-order valence-electron chi connectivity index (χ2n) is 6.79. The maximum absolute atomic E-state index is 12.8. The Morgan fingerprint density at radius 1 is 1.07 bits per heavy atom. The lowest BCUT2D eigenvalue weighted by Crippen LogP contribution is -2.44. The van der Waals surface area contributed by atoms with E-state index in [-0.39, 0.29) is 18.5 Å². The number of hydrogen-bond acceptors (Lipinski definition) is 5. The zero-order valence-electron chi connectivity index (χ0n) is 16.5. The Hall–Kier alpha value is -2.87. The molecule has 3 amide bonds. The largest absolute Gasteiger partial charge is 0.360 e. The summed E-state index contributed by atoms with van der Waals surface area (Å²) in [5.74, 6) is 0.599. The van der Waals surface area contributed by atoms with Crippen molar-refractivity contribution in [3.8, 4) is 0 Å². The van der Waals surface area contributed by atoms with Crippen LogP contribution in [0.4, 0.5) is 16.3 Å². The number of carbonyl (C=O) groups is 2. The van der Waals surface area contributed by atoms with Gasteiger partial charge in [0.25, 0.3) is 0 Å². The number of nitrogens with one attached hydrogen (secondary N) is 2. The first-order chi connectivity index (χ1) is 12.8. The van der Waals surface area contributed by atoms with Crippen molar-refractivity contribution in [3.05, 3.63) is 41.2 Å². The Kier molecular flexibility index (Phi) is 6.95. The molecule has 1 heterocycles. The second-order valence-corrected chi connectivity index (χ2v) is 6.79. The monoisotopic (exact) mass is 373 g/mol. The van der Waals surface area contributed by atoms with Gasteiger partial charge in [-0.3, -0.25) is 4.79 Å². The SMILES string of the molecule is Cc1cc(NC(=O)CN(CCN(C)C)C(=O)Nc2c(C)cccc2C)no1. The van der Waals surface area contributed by atoms with Crippen LogP contribution in [0.15, 0.2) is 28.8 Å². The summed E-state index contributed by atoms with van der Waals surface area (Å²) in [5, 5.41) is 9.31. The zero-order chi connectivity index (χ0) is 20.0. The van der Waals surface area contributed by atoms with Gasteiger partial charge in [-0.15, -0.1) is 0 Å². The molecule has 2 aromatic rings. The van der Waals surface area contributed by atoms with Gasteiger partial charge >= 0.3 is 6.03 Å². The van der Waals surface area contributed by atoms with Crippen LogP contribution < -0.4 is 10.6 Å². The van der Waals surface area contributed by atoms with Crippen molar-refractivity contribution in [2.24, 2.45) is 0 Å². The van der Waals surface area contributed by atoms with E-state index in [0.717, 1.165) is 16.8 Å². The molecule has 146 valence electrons. The average Bonchev–Trinajstić information content (AvgIpc) is 2.99. The van der Waals surface area contributed by atoms with E-state index >= 15 is 0 Å². The predicted octanol–water partition coefficient (Wildman–Crippen LogP) is 2.63. The van der Waals surface area contributed by atoms with Crippen LogP contribution in [0, 0.1) is 20.8 Å². The summed E-state index contributed by atoms with van der Waals surface area (Å²) < 4.78 is 4.94. The molecule has 0 fully saturated rings. The first-order valence-corrected chi connectivity index (χ1v) is 8.76. The highest BCUT2D eigenvalue weighted by Gasteiger charge is 2.19. The summed E-state index contributed by atoms with van der Waals surface area (Å²) >= 11 is 0. The lowest BCUT2D eigenvalue weighted by Gasteiger charge is -2.25. The number of nitrogens with zero attached hydrogens (tertiary/aromatic N) is 3. The molecule has 0 radical (unpaired) electrons. The maximum atomic E-state index is 12.8. The number of amides is 3. The third-order valence-corrected chi connectivity index (χ3v) is 4.05. The highest BCUT2D eigenvalue weighted by atomic mass is 16.5. The molecule has 0 aliphatic heterocycles. The average molecular weight is 373 g/mol. The van der Waals surface area contributed by atoms with Gasteiger partial charge in [0, 0.05) is 24.8 Å². The van der Waals surface area contributed by atoms with E-state index in [2.05, 4.69) is 15.8 Å². The molecule has 8 nitrogen and oxygen atoms in total. The number of aryl methyl sites for hydroxylation is 3. The van der Waals surface area contributed by atoms with Gasteiger partial charge in [0.2, 0.25) is 5.91 Å². The Balaban J connectivity index is 2.07. The lowest BCUT2D eigenvalue weighted by molar-refractivity contribution is -0.116. The number of anilines is 2. The van der Waals surface area contributed by atoms with Gasteiger partial charge in [-0.25, -0.2) is 4.79 Å². The van der Waals surface area contributed by atoms with Crippen LogP contribution in [0.5, 0.6) is 0 Å². The molecule has 0 saturated carbocycles. The van der Waals surface area contributed by atoms with Gasteiger partial charge in [0.1, 0.15) is 12.3 Å². The minimum Gasteiger partial charge on any atom is -0.360 e. The third kappa shape index (κ3) is 6.10. The van der Waals surface area contributed by atoms with Crippen molar-refractivity contribution < 1.29 is 14.1 Å². The minimum absolute atomic E-state index is 0.0868. The zero-order valence-corrected chi connectivity index (χ0v) is 16.5. The molecule has 0 aliphatic rings. The first-order valence-electron chi connectivity index (χ1n) is 8.76. The molecule has 0 atom stereocenters. The van der Waals surface area contributed by atoms with Gasteiger partial charge in [0.05, 0.1) is 0 Å². The molecule has 2 rings (SSSR count). The van der Waals surface area contributed by atoms with Crippen molar-refractivity contribution in [2.75, 3.05) is 44.4 Å². The summed E-state index contributed by atoms with van der Waals surface area (Å²) in [6.07, 6.45) is 0. The molecule has 0 saturated heterocycles. The fourth-order valence-corrected chi connectivity index (χ4v) is 2.55. The number of benzene rings is 1. The third-order valence-electron chi connectivity index (χ3n) is 4.05. The van der Waals surface area contributed by atoms with Crippen LogP contribution in [0.1, 0.15) is 16.9 Å². The summed E-state index contributed by atoms with van der Waals surface area (Å²) in [5.41, 5.74) is 2.71. The molecule has 2 N–H and O–H groups in total. The van der Waals surface area contributed by atoms with Gasteiger partial charge in [-0.05, 0) is 46.0 Å². The number of aromatic nitrogens is 1. The molecule has 1 aromatic heterocycles. The van der Waals surface area contributed by atoms with Crippen molar-refractivity contribution in [3.63, 3.8) is 0 Å². The summed E-state index contributed by atoms with van der Waals surface area (Å²) in [6.45, 7) is 6.57. The van der Waals surface area contributed by atoms with Gasteiger partial charge < -0.3 is 25.0 Å². The van der Waals surface area contributed by atoms with Gasteiger partial charge in [-0.1, -0.05) is 23.4 Å². The number of para-hydroxylation sites is 1.